The molecule has 27 heavy (non-hydrogen) atoms. The average Bonchev–Trinajstić information content (AvgIpc) is 2.66. The Kier molecular flexibility index (Phi) is 4.75. The summed E-state index contributed by atoms with van der Waals surface area (Å²) in [7, 11) is -1.97. The smallest absolute Gasteiger partial charge is 0.128 e. The molecule has 0 N–H and O–H groups in total. The van der Waals surface area contributed by atoms with E-state index in [4.69, 9.17) is 4.99 Å². The average molecular weight is 377 g/mol. The van der Waals surface area contributed by atoms with Gasteiger partial charge in [-0.15, -0.1) is 0 Å². The molecular weight excluding hydrogens is 344 g/mol. The predicted molar refractivity (Wildman–Crippen MR) is 120 cm³/mol. The molecular formula is C24H32N2Si. The van der Waals surface area contributed by atoms with E-state index >= 15 is 0 Å². The van der Waals surface area contributed by atoms with Crippen LogP contribution in [0.3, 0.4) is 0 Å². The maximum Gasteiger partial charge on any atom is 0.128 e. The van der Waals surface area contributed by atoms with Crippen molar-refractivity contribution >= 4 is 36.4 Å². The molecule has 0 bridgehead atoms. The lowest BCUT2D eigenvalue weighted by Crippen LogP contribution is -2.69. The molecule has 2 aromatic rings. The number of hydrogen-bond acceptors (Lipinski definition) is 2. The Bertz CT molecular complexity index is 947. The molecule has 0 amide bonds. The summed E-state index contributed by atoms with van der Waals surface area (Å²) in [4.78, 5) is 7.67. The van der Waals surface area contributed by atoms with Gasteiger partial charge in [-0.25, -0.2) is 4.99 Å². The second-order valence-corrected chi connectivity index (χ2v) is 14.0. The summed E-state index contributed by atoms with van der Waals surface area (Å²) in [6.07, 6.45) is 3.99. The van der Waals surface area contributed by atoms with Crippen LogP contribution in [0.2, 0.25) is 11.1 Å². The topological polar surface area (TPSA) is 15.6 Å². The van der Waals surface area contributed by atoms with Crippen molar-refractivity contribution in [1.82, 2.24) is 0 Å². The van der Waals surface area contributed by atoms with Gasteiger partial charge in [-0.05, 0) is 70.2 Å². The van der Waals surface area contributed by atoms with E-state index < -0.39 is 8.07 Å². The first-order valence-corrected chi connectivity index (χ1v) is 12.7. The van der Waals surface area contributed by atoms with E-state index in [9.17, 15) is 0 Å². The normalized spacial score (nSPS) is 18.2. The Morgan fingerprint density at radius 1 is 0.889 bits per heavy atom. The van der Waals surface area contributed by atoms with E-state index in [2.05, 4.69) is 75.6 Å². The number of piperidine rings is 1. The van der Waals surface area contributed by atoms with Crippen LogP contribution in [0.1, 0.15) is 47.0 Å². The predicted octanol–water partition coefficient (Wildman–Crippen LogP) is 3.73. The van der Waals surface area contributed by atoms with Gasteiger partial charge in [0.1, 0.15) is 8.07 Å². The largest absolute Gasteiger partial charge is 0.372 e. The van der Waals surface area contributed by atoms with E-state index in [1.54, 1.807) is 0 Å². The number of benzene rings is 2. The lowest BCUT2D eigenvalue weighted by molar-refractivity contribution is 0.578. The van der Waals surface area contributed by atoms with Crippen molar-refractivity contribution < 1.29 is 0 Å². The summed E-state index contributed by atoms with van der Waals surface area (Å²) in [6, 6.07) is 13.7. The van der Waals surface area contributed by atoms with Crippen LogP contribution < -0.4 is 25.8 Å². The standard InChI is InChI=1S/C24H32N2Si/c1-17(2)27(18(3)4)23-15-19(5)9-11-21(23)25-22-12-10-20(16-24(22)27)26-13-7-6-8-14-26/h9-12,15-18H,5-8,13-14H2,1-4H3. The molecule has 142 valence electrons. The summed E-state index contributed by atoms with van der Waals surface area (Å²) in [6.45, 7) is 16.3. The third-order valence-corrected chi connectivity index (χ3v) is 12.9. The first-order valence-electron chi connectivity index (χ1n) is 10.5. The van der Waals surface area contributed by atoms with Gasteiger partial charge in [0.15, 0.2) is 0 Å². The van der Waals surface area contributed by atoms with Crippen LogP contribution in [-0.4, -0.2) is 21.2 Å². The highest BCUT2D eigenvalue weighted by atomic mass is 28.3. The molecule has 0 aromatic heterocycles. The van der Waals surface area contributed by atoms with E-state index in [0.29, 0.717) is 11.1 Å². The minimum atomic E-state index is -1.97. The Balaban J connectivity index is 1.99. The molecule has 0 unspecified atom stereocenters. The summed E-state index contributed by atoms with van der Waals surface area (Å²) in [5.41, 5.74) is 3.83. The van der Waals surface area contributed by atoms with Gasteiger partial charge in [-0.1, -0.05) is 46.4 Å². The second-order valence-electron chi connectivity index (χ2n) is 8.89. The van der Waals surface area contributed by atoms with Gasteiger partial charge >= 0.3 is 0 Å². The Morgan fingerprint density at radius 3 is 2.26 bits per heavy atom. The van der Waals surface area contributed by atoms with Crippen LogP contribution in [0.5, 0.6) is 0 Å². The van der Waals surface area contributed by atoms with Gasteiger partial charge in [0.2, 0.25) is 0 Å². The number of fused-ring (bicyclic) bond motifs is 2. The van der Waals surface area contributed by atoms with Crippen LogP contribution in [0.4, 0.5) is 11.4 Å². The van der Waals surface area contributed by atoms with Crippen LogP contribution >= 0.6 is 0 Å². The fraction of sp³-hybridized carbons (Fsp3) is 0.458. The minimum Gasteiger partial charge on any atom is -0.372 e. The highest BCUT2D eigenvalue weighted by molar-refractivity contribution is 7.05. The number of anilines is 1. The zero-order chi connectivity index (χ0) is 19.2. The van der Waals surface area contributed by atoms with Crippen LogP contribution in [0.25, 0.3) is 6.58 Å². The van der Waals surface area contributed by atoms with Crippen LogP contribution in [0, 0.1) is 0 Å². The van der Waals surface area contributed by atoms with E-state index in [1.165, 1.54) is 59.5 Å². The van der Waals surface area contributed by atoms with Gasteiger partial charge in [0.25, 0.3) is 0 Å². The van der Waals surface area contributed by atoms with E-state index in [0.717, 1.165) is 5.22 Å². The molecule has 0 radical (unpaired) electrons. The highest BCUT2D eigenvalue weighted by Crippen LogP contribution is 2.36. The number of rotatable bonds is 3. The monoisotopic (exact) mass is 376 g/mol. The lowest BCUT2D eigenvalue weighted by Gasteiger charge is -2.43. The molecule has 0 spiro atoms. The Labute approximate surface area is 164 Å². The number of nitrogens with zero attached hydrogens (tertiary/aromatic N) is 2. The highest BCUT2D eigenvalue weighted by Gasteiger charge is 2.47. The third-order valence-electron chi connectivity index (χ3n) is 6.72. The van der Waals surface area contributed by atoms with E-state index in [-0.39, 0.29) is 0 Å². The molecule has 2 aromatic carbocycles. The molecule has 2 heterocycles. The quantitative estimate of drug-likeness (QED) is 0.745. The molecule has 0 aliphatic carbocycles. The van der Waals surface area contributed by atoms with Crippen molar-refractivity contribution in [3.63, 3.8) is 0 Å². The van der Waals surface area contributed by atoms with Crippen molar-refractivity contribution in [3.8, 4) is 0 Å². The molecule has 0 atom stereocenters. The summed E-state index contributed by atoms with van der Waals surface area (Å²) in [5, 5.41) is 5.31. The molecule has 0 saturated carbocycles. The maximum absolute atomic E-state index is 5.08. The first-order chi connectivity index (χ1) is 12.9. The van der Waals surface area contributed by atoms with E-state index in [1.807, 2.05) is 0 Å². The zero-order valence-corrected chi connectivity index (χ0v) is 18.3. The molecule has 2 nitrogen and oxygen atoms in total. The summed E-state index contributed by atoms with van der Waals surface area (Å²) >= 11 is 0. The molecule has 4 rings (SSSR count). The van der Waals surface area contributed by atoms with Gasteiger partial charge in [0, 0.05) is 18.8 Å². The zero-order valence-electron chi connectivity index (χ0n) is 17.3. The Morgan fingerprint density at radius 2 is 1.59 bits per heavy atom. The summed E-state index contributed by atoms with van der Waals surface area (Å²) < 4.78 is 0. The lowest BCUT2D eigenvalue weighted by atomic mass is 10.1. The van der Waals surface area contributed by atoms with Gasteiger partial charge in [0.05, 0.1) is 11.0 Å². The van der Waals surface area contributed by atoms with Crippen molar-refractivity contribution in [2.24, 2.45) is 4.99 Å². The van der Waals surface area contributed by atoms with Crippen molar-refractivity contribution in [2.75, 3.05) is 18.0 Å². The van der Waals surface area contributed by atoms with Gasteiger partial charge < -0.3 is 4.90 Å². The maximum atomic E-state index is 5.08. The Hall–Kier alpha value is -1.87. The minimum absolute atomic E-state index is 0.615. The SMILES string of the molecule is C=c1ccc2c(c1)[Si](C(C)C)(C(C)C)c1cc(N3CCCCC3)ccc1N=2. The third kappa shape index (κ3) is 2.87. The first kappa shape index (κ1) is 18.5. The van der Waals surface area contributed by atoms with Crippen molar-refractivity contribution in [3.05, 3.63) is 47.0 Å². The molecule has 1 saturated heterocycles. The second kappa shape index (κ2) is 6.94. The fourth-order valence-electron chi connectivity index (χ4n) is 5.50. The van der Waals surface area contributed by atoms with Gasteiger partial charge in [-0.3, -0.25) is 0 Å². The molecule has 1 fully saturated rings. The fourth-order valence-corrected chi connectivity index (χ4v) is 11.5. The molecule has 2 aliphatic rings. The van der Waals surface area contributed by atoms with Crippen LogP contribution in [-0.2, 0) is 0 Å². The number of hydrogen-bond donors (Lipinski definition) is 0. The summed E-state index contributed by atoms with van der Waals surface area (Å²) in [5.74, 6) is 0. The van der Waals surface area contributed by atoms with Crippen molar-refractivity contribution in [2.45, 2.75) is 58.0 Å². The molecule has 2 aliphatic heterocycles. The molecule has 3 heteroatoms. The van der Waals surface area contributed by atoms with Crippen LogP contribution in [0.15, 0.2) is 41.4 Å². The van der Waals surface area contributed by atoms with Crippen molar-refractivity contribution in [1.29, 1.82) is 0 Å². The van der Waals surface area contributed by atoms with Gasteiger partial charge in [-0.2, -0.15) is 0 Å².